The van der Waals surface area contributed by atoms with Gasteiger partial charge in [0.25, 0.3) is 10.1 Å². The molecular weight excluding hydrogens is 486 g/mol. The molecule has 0 aliphatic heterocycles. The number of carbonyl (C=O) groups excluding carboxylic acids is 1. The smallest absolute Gasteiger partial charge is 0.295 e. The van der Waals surface area contributed by atoms with E-state index in [1.54, 1.807) is 55.5 Å². The molecule has 3 aromatic carbocycles. The number of anilines is 1. The van der Waals surface area contributed by atoms with Gasteiger partial charge in [-0.2, -0.15) is 8.42 Å². The second-order valence-corrected chi connectivity index (χ2v) is 9.05. The molecule has 36 heavy (non-hydrogen) atoms. The van der Waals surface area contributed by atoms with E-state index in [9.17, 15) is 17.8 Å². The standard InChI is InChI=1S/C26H27NO8S/c1-16-6-10-25(36(29,30)31)21(12-16)20-13-17(7-9-22(20)33-3)27-26(28)11-8-19-23(34-4)14-18(32-2)15-24(19)35-5/h6-15H,1-5H3,(H,27,28)(H,29,30,31). The Morgan fingerprint density at radius 1 is 0.833 bits per heavy atom. The van der Waals surface area contributed by atoms with Crippen LogP contribution in [-0.4, -0.2) is 47.3 Å². The molecule has 9 nitrogen and oxygen atoms in total. The number of amides is 1. The maximum Gasteiger partial charge on any atom is 0.295 e. The number of methoxy groups -OCH3 is 4. The first-order chi connectivity index (χ1) is 17.1. The van der Waals surface area contributed by atoms with Crippen molar-refractivity contribution in [2.75, 3.05) is 33.8 Å². The van der Waals surface area contributed by atoms with Crippen LogP contribution in [0.3, 0.4) is 0 Å². The molecule has 10 heteroatoms. The molecule has 0 aliphatic carbocycles. The van der Waals surface area contributed by atoms with Gasteiger partial charge in [0, 0.05) is 35.0 Å². The Balaban J connectivity index is 1.96. The zero-order valence-electron chi connectivity index (χ0n) is 20.5. The predicted molar refractivity (Wildman–Crippen MR) is 137 cm³/mol. The number of benzene rings is 3. The summed E-state index contributed by atoms with van der Waals surface area (Å²) in [5.41, 5.74) is 2.34. The fraction of sp³-hybridized carbons (Fsp3) is 0.192. The highest BCUT2D eigenvalue weighted by Crippen LogP contribution is 2.37. The third-order valence-electron chi connectivity index (χ3n) is 5.32. The average molecular weight is 514 g/mol. The van der Waals surface area contributed by atoms with Gasteiger partial charge in [-0.25, -0.2) is 0 Å². The lowest BCUT2D eigenvalue weighted by atomic mass is 10.0. The quantitative estimate of drug-likeness (QED) is 0.315. The first-order valence-corrected chi connectivity index (χ1v) is 12.1. The third-order valence-corrected chi connectivity index (χ3v) is 6.24. The molecule has 0 radical (unpaired) electrons. The summed E-state index contributed by atoms with van der Waals surface area (Å²) in [5, 5.41) is 2.74. The first kappa shape index (κ1) is 26.6. The van der Waals surface area contributed by atoms with Crippen LogP contribution in [0.5, 0.6) is 23.0 Å². The van der Waals surface area contributed by atoms with Gasteiger partial charge in [0.1, 0.15) is 27.9 Å². The summed E-state index contributed by atoms with van der Waals surface area (Å²) >= 11 is 0. The lowest BCUT2D eigenvalue weighted by molar-refractivity contribution is -0.111. The highest BCUT2D eigenvalue weighted by molar-refractivity contribution is 7.86. The number of ether oxygens (including phenoxy) is 4. The van der Waals surface area contributed by atoms with Crippen LogP contribution in [0.25, 0.3) is 17.2 Å². The number of aryl methyl sites for hydroxylation is 1. The first-order valence-electron chi connectivity index (χ1n) is 10.7. The lowest BCUT2D eigenvalue weighted by Crippen LogP contribution is -2.08. The van der Waals surface area contributed by atoms with Crippen LogP contribution in [0.1, 0.15) is 11.1 Å². The molecule has 0 saturated heterocycles. The molecule has 0 aromatic heterocycles. The van der Waals surface area contributed by atoms with Crippen molar-refractivity contribution in [3.63, 3.8) is 0 Å². The molecule has 2 N–H and O–H groups in total. The molecule has 0 atom stereocenters. The number of hydrogen-bond acceptors (Lipinski definition) is 7. The van der Waals surface area contributed by atoms with Crippen LogP contribution in [-0.2, 0) is 14.9 Å². The molecule has 0 saturated carbocycles. The predicted octanol–water partition coefficient (Wildman–Crippen LogP) is 4.60. The minimum atomic E-state index is -4.50. The molecule has 3 aromatic rings. The summed E-state index contributed by atoms with van der Waals surface area (Å²) in [5.74, 6) is 1.37. The zero-order chi connectivity index (χ0) is 26.5. The molecule has 0 spiro atoms. The summed E-state index contributed by atoms with van der Waals surface area (Å²) in [4.78, 5) is 12.4. The largest absolute Gasteiger partial charge is 0.496 e. The summed E-state index contributed by atoms with van der Waals surface area (Å²) in [6.07, 6.45) is 2.86. The molecule has 0 aliphatic rings. The van der Waals surface area contributed by atoms with Gasteiger partial charge in [0.15, 0.2) is 0 Å². The van der Waals surface area contributed by atoms with Crippen molar-refractivity contribution in [1.29, 1.82) is 0 Å². The maximum atomic E-state index is 12.7. The summed E-state index contributed by atoms with van der Waals surface area (Å²) in [6, 6.07) is 12.7. The van der Waals surface area contributed by atoms with Crippen LogP contribution in [0.15, 0.2) is 59.5 Å². The van der Waals surface area contributed by atoms with E-state index in [0.717, 1.165) is 5.56 Å². The lowest BCUT2D eigenvalue weighted by Gasteiger charge is -2.14. The molecule has 190 valence electrons. The van der Waals surface area contributed by atoms with E-state index in [1.165, 1.54) is 40.6 Å². The normalized spacial score (nSPS) is 11.3. The second-order valence-electron chi connectivity index (χ2n) is 7.66. The van der Waals surface area contributed by atoms with Gasteiger partial charge in [-0.3, -0.25) is 9.35 Å². The van der Waals surface area contributed by atoms with Crippen molar-refractivity contribution < 1.29 is 36.7 Å². The SMILES string of the molecule is COc1cc(OC)c(C=CC(=O)Nc2ccc(OC)c(-c3cc(C)ccc3S(=O)(=O)O)c2)c(OC)c1. The van der Waals surface area contributed by atoms with Gasteiger partial charge in [-0.15, -0.1) is 0 Å². The molecule has 1 amide bonds. The summed E-state index contributed by atoms with van der Waals surface area (Å²) in [7, 11) is 1.46. The Hall–Kier alpha value is -4.02. The topological polar surface area (TPSA) is 120 Å². The minimum Gasteiger partial charge on any atom is -0.496 e. The van der Waals surface area contributed by atoms with Crippen LogP contribution in [0.2, 0.25) is 0 Å². The summed E-state index contributed by atoms with van der Waals surface area (Å²) < 4.78 is 55.1. The molecular formula is C26H27NO8S. The molecule has 0 unspecified atom stereocenters. The van der Waals surface area contributed by atoms with Crippen LogP contribution in [0.4, 0.5) is 5.69 Å². The van der Waals surface area contributed by atoms with Crippen molar-refractivity contribution in [2.24, 2.45) is 0 Å². The number of rotatable bonds is 9. The van der Waals surface area contributed by atoms with E-state index < -0.39 is 16.0 Å². The van der Waals surface area contributed by atoms with Crippen molar-refractivity contribution in [2.45, 2.75) is 11.8 Å². The third kappa shape index (κ3) is 5.96. The van der Waals surface area contributed by atoms with E-state index in [0.29, 0.717) is 39.8 Å². The fourth-order valence-corrected chi connectivity index (χ4v) is 4.30. The van der Waals surface area contributed by atoms with Crippen LogP contribution in [0, 0.1) is 6.92 Å². The second kappa shape index (κ2) is 11.1. The Labute approximate surface area is 210 Å². The van der Waals surface area contributed by atoms with Crippen molar-refractivity contribution in [1.82, 2.24) is 0 Å². The van der Waals surface area contributed by atoms with Gasteiger partial charge in [-0.1, -0.05) is 11.6 Å². The Kier molecular flexibility index (Phi) is 8.23. The number of hydrogen-bond donors (Lipinski definition) is 2. The van der Waals surface area contributed by atoms with E-state index >= 15 is 0 Å². The number of carbonyl (C=O) groups is 1. The maximum absolute atomic E-state index is 12.7. The Morgan fingerprint density at radius 3 is 2.03 bits per heavy atom. The highest BCUT2D eigenvalue weighted by Gasteiger charge is 2.20. The van der Waals surface area contributed by atoms with Crippen LogP contribution < -0.4 is 24.3 Å². The van der Waals surface area contributed by atoms with Gasteiger partial charge in [0.05, 0.1) is 34.0 Å². The zero-order valence-corrected chi connectivity index (χ0v) is 21.3. The van der Waals surface area contributed by atoms with Crippen molar-refractivity contribution in [3.05, 3.63) is 65.7 Å². The fourth-order valence-electron chi connectivity index (χ4n) is 3.62. The molecule has 0 fully saturated rings. The summed E-state index contributed by atoms with van der Waals surface area (Å²) in [6.45, 7) is 1.79. The van der Waals surface area contributed by atoms with Gasteiger partial charge >= 0.3 is 0 Å². The highest BCUT2D eigenvalue weighted by atomic mass is 32.2. The Bertz CT molecular complexity index is 1390. The van der Waals surface area contributed by atoms with Gasteiger partial charge in [-0.05, 0) is 43.3 Å². The van der Waals surface area contributed by atoms with Gasteiger partial charge in [0.2, 0.25) is 5.91 Å². The van der Waals surface area contributed by atoms with Crippen molar-refractivity contribution in [3.8, 4) is 34.1 Å². The monoisotopic (exact) mass is 513 g/mol. The molecule has 3 rings (SSSR count). The van der Waals surface area contributed by atoms with Crippen molar-refractivity contribution >= 4 is 27.8 Å². The minimum absolute atomic E-state index is 0.244. The average Bonchev–Trinajstić information content (AvgIpc) is 2.85. The Morgan fingerprint density at radius 2 is 1.47 bits per heavy atom. The molecule has 0 bridgehead atoms. The van der Waals surface area contributed by atoms with Crippen LogP contribution >= 0.6 is 0 Å². The van der Waals surface area contributed by atoms with E-state index in [1.807, 2.05) is 0 Å². The van der Waals surface area contributed by atoms with E-state index in [4.69, 9.17) is 18.9 Å². The number of nitrogens with one attached hydrogen (secondary N) is 1. The van der Waals surface area contributed by atoms with Gasteiger partial charge < -0.3 is 24.3 Å². The van der Waals surface area contributed by atoms with E-state index in [-0.39, 0.29) is 10.5 Å². The van der Waals surface area contributed by atoms with E-state index in [2.05, 4.69) is 5.32 Å². The molecule has 0 heterocycles.